The Morgan fingerprint density at radius 3 is 2.14 bits per heavy atom. The van der Waals surface area contributed by atoms with Crippen molar-refractivity contribution in [3.8, 4) is 0 Å². The van der Waals surface area contributed by atoms with Crippen molar-refractivity contribution in [1.29, 1.82) is 0 Å². The highest BCUT2D eigenvalue weighted by Gasteiger charge is 2.20. The van der Waals surface area contributed by atoms with Gasteiger partial charge in [0.2, 0.25) is 11.8 Å². The molecule has 22 heavy (non-hydrogen) atoms. The molecule has 5 amide bonds. The Labute approximate surface area is 124 Å². The number of carbonyl (C=O) groups excluding carboxylic acids is 3. The quantitative estimate of drug-likeness (QED) is 0.148. The maximum atomic E-state index is 11.7. The molecule has 0 heterocycles. The molecule has 12 heteroatoms. The maximum absolute atomic E-state index is 11.7. The Morgan fingerprint density at radius 2 is 1.64 bits per heavy atom. The summed E-state index contributed by atoms with van der Waals surface area (Å²) >= 11 is 0. The van der Waals surface area contributed by atoms with Crippen molar-refractivity contribution in [3.63, 3.8) is 0 Å². The normalized spacial score (nSPS) is 10.9. The number of rotatable bonds is 8. The summed E-state index contributed by atoms with van der Waals surface area (Å²) in [5, 5.41) is 21.0. The molecular formula is C10H17N5O7. The van der Waals surface area contributed by atoms with E-state index in [-0.39, 0.29) is 19.4 Å². The molecular weight excluding hydrogens is 302 g/mol. The summed E-state index contributed by atoms with van der Waals surface area (Å²) in [5.74, 6) is -2.62. The average molecular weight is 319 g/mol. The van der Waals surface area contributed by atoms with E-state index in [4.69, 9.17) is 15.9 Å². The predicted octanol–water partition coefficient (Wildman–Crippen LogP) is -2.31. The topological polar surface area (TPSA) is 200 Å². The summed E-state index contributed by atoms with van der Waals surface area (Å²) in [6, 6.07) is -1.21. The van der Waals surface area contributed by atoms with Crippen LogP contribution in [-0.2, 0) is 14.4 Å². The zero-order valence-electron chi connectivity index (χ0n) is 11.4. The molecule has 0 radical (unpaired) electrons. The number of primary amides is 1. The van der Waals surface area contributed by atoms with Crippen LogP contribution in [0.5, 0.6) is 0 Å². The molecule has 0 aliphatic heterocycles. The van der Waals surface area contributed by atoms with E-state index in [2.05, 4.69) is 5.32 Å². The monoisotopic (exact) mass is 319 g/mol. The SMILES string of the molecule is NC(=O)CC(=O)NNC(=O)C(CCCNC(=O)O)NC(=O)O. The van der Waals surface area contributed by atoms with Gasteiger partial charge in [-0.3, -0.25) is 25.2 Å². The predicted molar refractivity (Wildman–Crippen MR) is 70.3 cm³/mol. The van der Waals surface area contributed by atoms with E-state index in [0.717, 1.165) is 0 Å². The largest absolute Gasteiger partial charge is 0.465 e. The first-order valence-corrected chi connectivity index (χ1v) is 6.05. The second kappa shape index (κ2) is 9.79. The highest BCUT2D eigenvalue weighted by Crippen LogP contribution is 1.97. The van der Waals surface area contributed by atoms with Gasteiger partial charge in [-0.2, -0.15) is 0 Å². The van der Waals surface area contributed by atoms with Crippen LogP contribution < -0.4 is 27.2 Å². The molecule has 0 aliphatic carbocycles. The molecule has 1 atom stereocenters. The molecule has 8 N–H and O–H groups in total. The Morgan fingerprint density at radius 1 is 1.00 bits per heavy atom. The van der Waals surface area contributed by atoms with E-state index >= 15 is 0 Å². The van der Waals surface area contributed by atoms with Gasteiger partial charge in [-0.05, 0) is 12.8 Å². The number of nitrogens with two attached hydrogens (primary N) is 1. The first-order valence-electron chi connectivity index (χ1n) is 6.05. The minimum atomic E-state index is -1.46. The van der Waals surface area contributed by atoms with Crippen LogP contribution in [0.25, 0.3) is 0 Å². The van der Waals surface area contributed by atoms with Gasteiger partial charge in [-0.25, -0.2) is 9.59 Å². The number of carboxylic acid groups (broad SMARTS) is 2. The van der Waals surface area contributed by atoms with Gasteiger partial charge in [0, 0.05) is 6.54 Å². The maximum Gasteiger partial charge on any atom is 0.405 e. The number of hydrogen-bond donors (Lipinski definition) is 7. The van der Waals surface area contributed by atoms with E-state index in [1.807, 2.05) is 16.2 Å². The summed E-state index contributed by atoms with van der Waals surface area (Å²) in [4.78, 5) is 54.1. The van der Waals surface area contributed by atoms with Crippen LogP contribution in [0.2, 0.25) is 0 Å². The minimum absolute atomic E-state index is 0.00982. The van der Waals surface area contributed by atoms with Crippen molar-refractivity contribution < 1.29 is 34.2 Å². The standard InChI is InChI=1S/C10H17N5O7/c11-6(16)4-7(17)14-15-8(18)5(13-10(21)22)2-1-3-12-9(19)20/h5,12-13H,1-4H2,(H2,11,16)(H,14,17)(H,15,18)(H,19,20)(H,21,22). The fourth-order valence-corrected chi connectivity index (χ4v) is 1.34. The van der Waals surface area contributed by atoms with Crippen LogP contribution in [0.15, 0.2) is 0 Å². The second-order valence-corrected chi connectivity index (χ2v) is 4.06. The number of carbonyl (C=O) groups is 5. The van der Waals surface area contributed by atoms with E-state index < -0.39 is 42.4 Å². The summed E-state index contributed by atoms with van der Waals surface area (Å²) in [6.07, 6.45) is -3.18. The molecule has 0 aromatic heterocycles. The van der Waals surface area contributed by atoms with Gasteiger partial charge >= 0.3 is 12.2 Å². The van der Waals surface area contributed by atoms with Crippen molar-refractivity contribution in [2.45, 2.75) is 25.3 Å². The molecule has 0 fully saturated rings. The Bertz CT molecular complexity index is 453. The second-order valence-electron chi connectivity index (χ2n) is 4.06. The minimum Gasteiger partial charge on any atom is -0.465 e. The van der Waals surface area contributed by atoms with Gasteiger partial charge in [0.05, 0.1) is 0 Å². The summed E-state index contributed by atoms with van der Waals surface area (Å²) in [5.41, 5.74) is 8.60. The third-order valence-corrected chi connectivity index (χ3v) is 2.22. The highest BCUT2D eigenvalue weighted by molar-refractivity contribution is 5.97. The van der Waals surface area contributed by atoms with Crippen LogP contribution in [-0.4, -0.2) is 52.7 Å². The van der Waals surface area contributed by atoms with Gasteiger partial charge in [-0.1, -0.05) is 0 Å². The summed E-state index contributed by atoms with van der Waals surface area (Å²) in [6.45, 7) is 0.0223. The van der Waals surface area contributed by atoms with Crippen LogP contribution >= 0.6 is 0 Å². The van der Waals surface area contributed by atoms with Gasteiger partial charge in [-0.15, -0.1) is 0 Å². The van der Waals surface area contributed by atoms with Crippen molar-refractivity contribution in [2.75, 3.05) is 6.54 Å². The van der Waals surface area contributed by atoms with Gasteiger partial charge < -0.3 is 26.6 Å². The van der Waals surface area contributed by atoms with E-state index in [9.17, 15) is 24.0 Å². The molecule has 124 valence electrons. The first-order chi connectivity index (χ1) is 10.2. The van der Waals surface area contributed by atoms with Gasteiger partial charge in [0.1, 0.15) is 12.5 Å². The lowest BCUT2D eigenvalue weighted by Crippen LogP contribution is -2.52. The summed E-state index contributed by atoms with van der Waals surface area (Å²) < 4.78 is 0. The molecule has 1 unspecified atom stereocenters. The van der Waals surface area contributed by atoms with Crippen molar-refractivity contribution in [1.82, 2.24) is 21.5 Å². The van der Waals surface area contributed by atoms with E-state index in [1.54, 1.807) is 0 Å². The molecule has 12 nitrogen and oxygen atoms in total. The molecule has 0 rings (SSSR count). The van der Waals surface area contributed by atoms with Crippen molar-refractivity contribution in [2.24, 2.45) is 5.73 Å². The Hall–Kier alpha value is -3.05. The van der Waals surface area contributed by atoms with Crippen LogP contribution in [0.3, 0.4) is 0 Å². The highest BCUT2D eigenvalue weighted by atomic mass is 16.4. The van der Waals surface area contributed by atoms with Crippen LogP contribution in [0.4, 0.5) is 9.59 Å². The van der Waals surface area contributed by atoms with E-state index in [0.29, 0.717) is 0 Å². The van der Waals surface area contributed by atoms with Gasteiger partial charge in [0.25, 0.3) is 5.91 Å². The molecule has 0 spiro atoms. The zero-order valence-corrected chi connectivity index (χ0v) is 11.4. The average Bonchev–Trinajstić information content (AvgIpc) is 2.38. The third kappa shape index (κ3) is 9.82. The Kier molecular flexibility index (Phi) is 8.43. The fraction of sp³-hybridized carbons (Fsp3) is 0.500. The molecule has 0 aromatic carbocycles. The first kappa shape index (κ1) is 18.9. The molecule has 0 saturated carbocycles. The lowest BCUT2D eigenvalue weighted by molar-refractivity contribution is -0.132. The van der Waals surface area contributed by atoms with Crippen molar-refractivity contribution in [3.05, 3.63) is 0 Å². The smallest absolute Gasteiger partial charge is 0.405 e. The number of nitrogens with one attached hydrogen (secondary N) is 4. The molecule has 0 aromatic rings. The number of hydrazine groups is 1. The third-order valence-electron chi connectivity index (χ3n) is 2.22. The molecule has 0 aliphatic rings. The van der Waals surface area contributed by atoms with E-state index in [1.165, 1.54) is 0 Å². The van der Waals surface area contributed by atoms with Crippen molar-refractivity contribution >= 4 is 29.9 Å². The zero-order chi connectivity index (χ0) is 17.1. The molecule has 0 bridgehead atoms. The number of hydrogen-bond acceptors (Lipinski definition) is 5. The Balaban J connectivity index is 4.32. The molecule has 0 saturated heterocycles. The van der Waals surface area contributed by atoms with Crippen LogP contribution in [0, 0.1) is 0 Å². The van der Waals surface area contributed by atoms with Gasteiger partial charge in [0.15, 0.2) is 0 Å². The lowest BCUT2D eigenvalue weighted by Gasteiger charge is -2.16. The fourth-order valence-electron chi connectivity index (χ4n) is 1.34. The number of amides is 5. The van der Waals surface area contributed by atoms with Crippen LogP contribution in [0.1, 0.15) is 19.3 Å². The lowest BCUT2D eigenvalue weighted by atomic mass is 10.1. The summed E-state index contributed by atoms with van der Waals surface area (Å²) in [7, 11) is 0.